The van der Waals surface area contributed by atoms with E-state index in [-0.39, 0.29) is 24.2 Å². The number of nitro groups is 1. The van der Waals surface area contributed by atoms with Gasteiger partial charge in [0.05, 0.1) is 29.2 Å². The van der Waals surface area contributed by atoms with Crippen molar-refractivity contribution in [3.05, 3.63) is 43.0 Å². The van der Waals surface area contributed by atoms with Crippen molar-refractivity contribution in [2.24, 2.45) is 0 Å². The minimum absolute atomic E-state index is 0.0570. The van der Waals surface area contributed by atoms with Gasteiger partial charge in [-0.3, -0.25) is 28.8 Å². The molecule has 0 aliphatic rings. The molecule has 0 amide bonds. The number of alkyl halides is 3. The van der Waals surface area contributed by atoms with Gasteiger partial charge in [0.1, 0.15) is 6.29 Å². The Kier molecular flexibility index (Phi) is 7.06. The van der Waals surface area contributed by atoms with Gasteiger partial charge in [0, 0.05) is 12.1 Å². The van der Waals surface area contributed by atoms with Gasteiger partial charge < -0.3 is 18.8 Å². The highest BCUT2D eigenvalue weighted by molar-refractivity contribution is 7.52. The van der Waals surface area contributed by atoms with Gasteiger partial charge in [0.2, 0.25) is 0 Å². The first-order valence-corrected chi connectivity index (χ1v) is 10.2. The van der Waals surface area contributed by atoms with E-state index in [1.165, 1.54) is 13.8 Å². The Morgan fingerprint density at radius 1 is 1.20 bits per heavy atom. The molecule has 2 rings (SSSR count). The standard InChI is InChI=1S/C15H17F3N3O8P/c1-3-28-30(26,29-4-2)8-20-10-6-12(27-7-15(16,17)18)11(21(24)25)5-9(10)19-13(22)14(20)23/h5-6H,3-4,7-8H2,1-2H3,(H,19,22). The van der Waals surface area contributed by atoms with E-state index in [1.807, 2.05) is 0 Å². The first kappa shape index (κ1) is 23.6. The van der Waals surface area contributed by atoms with Crippen LogP contribution in [0.25, 0.3) is 11.0 Å². The van der Waals surface area contributed by atoms with Gasteiger partial charge in [0.25, 0.3) is 0 Å². The SMILES string of the molecule is CCOP(=O)(Cn1c(=O)c(=O)[nH]c2cc([N+](=O)[O-])c(OCC(F)(F)F)cc21)OCC. The lowest BCUT2D eigenvalue weighted by molar-refractivity contribution is -0.386. The number of fused-ring (bicyclic) bond motifs is 1. The van der Waals surface area contributed by atoms with Crippen molar-refractivity contribution in [1.29, 1.82) is 0 Å². The zero-order chi connectivity index (χ0) is 22.7. The Bertz CT molecular complexity index is 1100. The maximum absolute atomic E-state index is 12.8. The number of aromatic nitrogens is 2. The van der Waals surface area contributed by atoms with E-state index < -0.39 is 54.1 Å². The molecule has 15 heteroatoms. The fourth-order valence-electron chi connectivity index (χ4n) is 2.53. The summed E-state index contributed by atoms with van der Waals surface area (Å²) >= 11 is 0. The minimum Gasteiger partial charge on any atom is -0.477 e. The highest BCUT2D eigenvalue weighted by atomic mass is 31.2. The van der Waals surface area contributed by atoms with Crippen molar-refractivity contribution < 1.29 is 36.4 Å². The molecule has 0 unspecified atom stereocenters. The maximum atomic E-state index is 12.8. The van der Waals surface area contributed by atoms with Crippen LogP contribution >= 0.6 is 7.60 Å². The largest absolute Gasteiger partial charge is 0.477 e. The number of H-pyrrole nitrogens is 1. The summed E-state index contributed by atoms with van der Waals surface area (Å²) in [5.41, 5.74) is -3.80. The van der Waals surface area contributed by atoms with Crippen LogP contribution < -0.4 is 15.9 Å². The Balaban J connectivity index is 2.73. The molecule has 11 nitrogen and oxygen atoms in total. The summed E-state index contributed by atoms with van der Waals surface area (Å²) in [5, 5.41) is 11.2. The van der Waals surface area contributed by atoms with Crippen molar-refractivity contribution in [2.45, 2.75) is 26.3 Å². The van der Waals surface area contributed by atoms with E-state index in [2.05, 4.69) is 9.72 Å². The predicted molar refractivity (Wildman–Crippen MR) is 97.9 cm³/mol. The van der Waals surface area contributed by atoms with Crippen LogP contribution in [-0.4, -0.2) is 40.5 Å². The summed E-state index contributed by atoms with van der Waals surface area (Å²) in [5.74, 6) is -0.798. The number of hydrogen-bond acceptors (Lipinski definition) is 8. The second-order valence-corrected chi connectivity index (χ2v) is 7.79. The number of hydrogen-bond donors (Lipinski definition) is 1. The molecular weight excluding hydrogens is 438 g/mol. The average Bonchev–Trinajstić information content (AvgIpc) is 2.63. The van der Waals surface area contributed by atoms with E-state index in [1.54, 1.807) is 0 Å². The number of nitrogens with zero attached hydrogens (tertiary/aromatic N) is 2. The van der Waals surface area contributed by atoms with Crippen LogP contribution in [0.2, 0.25) is 0 Å². The Morgan fingerprint density at radius 2 is 1.80 bits per heavy atom. The number of benzene rings is 1. The lowest BCUT2D eigenvalue weighted by atomic mass is 10.2. The van der Waals surface area contributed by atoms with Gasteiger partial charge in [-0.25, -0.2) is 0 Å². The zero-order valence-corrected chi connectivity index (χ0v) is 16.6. The molecule has 0 fully saturated rings. The van der Waals surface area contributed by atoms with Crippen LogP contribution in [0.1, 0.15) is 13.8 Å². The molecular formula is C15H17F3N3O8P. The fraction of sp³-hybridized carbons (Fsp3) is 0.467. The predicted octanol–water partition coefficient (Wildman–Crippen LogP) is 2.76. The highest BCUT2D eigenvalue weighted by Gasteiger charge is 2.31. The summed E-state index contributed by atoms with van der Waals surface area (Å²) in [6.45, 7) is 1.08. The number of rotatable bonds is 9. The van der Waals surface area contributed by atoms with Crippen LogP contribution in [0.3, 0.4) is 0 Å². The van der Waals surface area contributed by atoms with Crippen LogP contribution in [0.4, 0.5) is 18.9 Å². The van der Waals surface area contributed by atoms with E-state index in [0.29, 0.717) is 4.57 Å². The monoisotopic (exact) mass is 455 g/mol. The van der Waals surface area contributed by atoms with Crippen molar-refractivity contribution in [2.75, 3.05) is 19.8 Å². The number of aromatic amines is 1. The molecule has 1 N–H and O–H groups in total. The molecule has 1 aromatic heterocycles. The number of nitro benzene ring substituents is 1. The summed E-state index contributed by atoms with van der Waals surface area (Å²) in [6.07, 6.45) is -5.53. The molecule has 0 spiro atoms. The van der Waals surface area contributed by atoms with Gasteiger partial charge in [-0.1, -0.05) is 0 Å². The second kappa shape index (κ2) is 8.98. The van der Waals surface area contributed by atoms with E-state index in [0.717, 1.165) is 12.1 Å². The van der Waals surface area contributed by atoms with Gasteiger partial charge >= 0.3 is 30.6 Å². The quantitative estimate of drug-likeness (QED) is 0.263. The second-order valence-electron chi connectivity index (χ2n) is 5.77. The zero-order valence-electron chi connectivity index (χ0n) is 15.7. The summed E-state index contributed by atoms with van der Waals surface area (Å²) < 4.78 is 65.7. The van der Waals surface area contributed by atoms with Crippen molar-refractivity contribution in [3.8, 4) is 5.75 Å². The first-order valence-electron chi connectivity index (χ1n) is 8.43. The molecule has 0 aliphatic carbocycles. The third-order valence-corrected chi connectivity index (χ3v) is 5.54. The third kappa shape index (κ3) is 5.46. The molecule has 1 aromatic carbocycles. The maximum Gasteiger partial charge on any atom is 0.422 e. The number of ether oxygens (including phenoxy) is 1. The van der Waals surface area contributed by atoms with Crippen molar-refractivity contribution >= 4 is 24.3 Å². The lowest BCUT2D eigenvalue weighted by Gasteiger charge is -2.19. The average molecular weight is 455 g/mol. The fourth-order valence-corrected chi connectivity index (χ4v) is 4.18. The van der Waals surface area contributed by atoms with Crippen molar-refractivity contribution in [3.63, 3.8) is 0 Å². The van der Waals surface area contributed by atoms with Crippen LogP contribution in [0.15, 0.2) is 21.7 Å². The molecule has 0 aliphatic heterocycles. The molecule has 166 valence electrons. The molecule has 2 aromatic rings. The molecule has 0 saturated heterocycles. The Morgan fingerprint density at radius 3 is 2.30 bits per heavy atom. The van der Waals surface area contributed by atoms with Crippen LogP contribution in [0.5, 0.6) is 5.75 Å². The first-order chi connectivity index (χ1) is 13.9. The van der Waals surface area contributed by atoms with Crippen molar-refractivity contribution in [1.82, 2.24) is 9.55 Å². The molecule has 0 saturated carbocycles. The summed E-state index contributed by atoms with van der Waals surface area (Å²) in [4.78, 5) is 36.6. The van der Waals surface area contributed by atoms with E-state index in [9.17, 15) is 37.4 Å². The normalized spacial score (nSPS) is 12.3. The van der Waals surface area contributed by atoms with Crippen LogP contribution in [-0.2, 0) is 19.9 Å². The van der Waals surface area contributed by atoms with Gasteiger partial charge in [-0.05, 0) is 13.8 Å². The molecule has 0 radical (unpaired) electrons. The smallest absolute Gasteiger partial charge is 0.422 e. The molecule has 0 atom stereocenters. The van der Waals surface area contributed by atoms with Crippen LogP contribution in [0, 0.1) is 10.1 Å². The Labute approximate surface area is 166 Å². The lowest BCUT2D eigenvalue weighted by Crippen LogP contribution is -2.36. The van der Waals surface area contributed by atoms with Gasteiger partial charge in [-0.2, -0.15) is 13.2 Å². The highest BCUT2D eigenvalue weighted by Crippen LogP contribution is 2.49. The summed E-state index contributed by atoms with van der Waals surface area (Å²) in [7, 11) is -3.92. The molecule has 1 heterocycles. The van der Waals surface area contributed by atoms with Gasteiger partial charge in [0.15, 0.2) is 12.4 Å². The topological polar surface area (TPSA) is 143 Å². The molecule has 30 heavy (non-hydrogen) atoms. The molecule has 0 bridgehead atoms. The number of nitrogens with one attached hydrogen (secondary N) is 1. The van der Waals surface area contributed by atoms with Gasteiger partial charge in [-0.15, -0.1) is 0 Å². The summed E-state index contributed by atoms with van der Waals surface area (Å²) in [6, 6.07) is 1.52. The van der Waals surface area contributed by atoms with E-state index >= 15 is 0 Å². The minimum atomic E-state index is -4.78. The number of halogens is 3. The Hall–Kier alpha value is -2.70. The third-order valence-electron chi connectivity index (χ3n) is 3.61. The van der Waals surface area contributed by atoms with E-state index in [4.69, 9.17) is 9.05 Å².